The molecule has 2 rings (SSSR count). The van der Waals surface area contributed by atoms with Crippen LogP contribution in [-0.2, 0) is 11.2 Å². The minimum Gasteiger partial charge on any atom is -0.355 e. The number of piperidine rings is 1. The van der Waals surface area contributed by atoms with Crippen molar-refractivity contribution in [2.75, 3.05) is 19.6 Å². The zero-order chi connectivity index (χ0) is 12.8. The van der Waals surface area contributed by atoms with Crippen LogP contribution in [0.3, 0.4) is 0 Å². The van der Waals surface area contributed by atoms with E-state index in [1.165, 1.54) is 12.1 Å². The van der Waals surface area contributed by atoms with E-state index in [-0.39, 0.29) is 17.6 Å². The lowest BCUT2D eigenvalue weighted by Crippen LogP contribution is -2.41. The summed E-state index contributed by atoms with van der Waals surface area (Å²) < 4.78 is 12.9. The van der Waals surface area contributed by atoms with Gasteiger partial charge in [0.25, 0.3) is 0 Å². The Morgan fingerprint density at radius 1 is 1.50 bits per heavy atom. The average Bonchev–Trinajstić information content (AvgIpc) is 2.40. The number of hydrogen-bond donors (Lipinski definition) is 2. The van der Waals surface area contributed by atoms with Crippen LogP contribution in [0, 0.1) is 11.7 Å². The van der Waals surface area contributed by atoms with E-state index in [1.54, 1.807) is 6.07 Å². The van der Waals surface area contributed by atoms with Crippen molar-refractivity contribution in [1.29, 1.82) is 0 Å². The Balaban J connectivity index is 1.73. The van der Waals surface area contributed by atoms with E-state index >= 15 is 0 Å². The van der Waals surface area contributed by atoms with Gasteiger partial charge in [-0.3, -0.25) is 4.79 Å². The van der Waals surface area contributed by atoms with E-state index in [1.807, 2.05) is 6.07 Å². The first-order chi connectivity index (χ1) is 8.75. The van der Waals surface area contributed by atoms with Crippen LogP contribution in [0.25, 0.3) is 0 Å². The average molecular weight is 250 g/mol. The van der Waals surface area contributed by atoms with Gasteiger partial charge in [0.05, 0.1) is 5.92 Å². The van der Waals surface area contributed by atoms with Crippen LogP contribution in [0.2, 0.25) is 0 Å². The summed E-state index contributed by atoms with van der Waals surface area (Å²) in [5.74, 6) is -0.0276. The molecule has 98 valence electrons. The van der Waals surface area contributed by atoms with Gasteiger partial charge in [0.1, 0.15) is 5.82 Å². The molecule has 0 aromatic heterocycles. The molecule has 1 aliphatic heterocycles. The van der Waals surface area contributed by atoms with Crippen molar-refractivity contribution in [2.45, 2.75) is 19.3 Å². The number of nitrogens with one attached hydrogen (secondary N) is 2. The Morgan fingerprint density at radius 2 is 2.39 bits per heavy atom. The number of rotatable bonds is 4. The molecular formula is C14H19FN2O. The molecule has 1 fully saturated rings. The molecule has 1 heterocycles. The van der Waals surface area contributed by atoms with Gasteiger partial charge in [-0.2, -0.15) is 0 Å². The summed E-state index contributed by atoms with van der Waals surface area (Å²) in [6.45, 7) is 2.34. The number of amides is 1. The summed E-state index contributed by atoms with van der Waals surface area (Å²) in [5, 5.41) is 6.14. The summed E-state index contributed by atoms with van der Waals surface area (Å²) in [4.78, 5) is 11.8. The summed E-state index contributed by atoms with van der Waals surface area (Å²) in [6.07, 6.45) is 2.68. The lowest BCUT2D eigenvalue weighted by molar-refractivity contribution is -0.125. The van der Waals surface area contributed by atoms with Crippen molar-refractivity contribution >= 4 is 5.91 Å². The Labute approximate surface area is 107 Å². The molecule has 0 spiro atoms. The fourth-order valence-electron chi connectivity index (χ4n) is 2.24. The predicted octanol–water partition coefficient (Wildman–Crippen LogP) is 1.48. The van der Waals surface area contributed by atoms with Gasteiger partial charge >= 0.3 is 0 Å². The van der Waals surface area contributed by atoms with E-state index in [2.05, 4.69) is 10.6 Å². The van der Waals surface area contributed by atoms with Crippen LogP contribution in [0.4, 0.5) is 4.39 Å². The maximum Gasteiger partial charge on any atom is 0.224 e. The highest BCUT2D eigenvalue weighted by Gasteiger charge is 2.19. The van der Waals surface area contributed by atoms with Crippen molar-refractivity contribution in [1.82, 2.24) is 10.6 Å². The molecule has 3 nitrogen and oxygen atoms in total. The van der Waals surface area contributed by atoms with Gasteiger partial charge in [-0.1, -0.05) is 12.1 Å². The number of benzene rings is 1. The molecule has 1 saturated heterocycles. The van der Waals surface area contributed by atoms with Gasteiger partial charge in [0, 0.05) is 13.1 Å². The van der Waals surface area contributed by atoms with Crippen molar-refractivity contribution in [3.63, 3.8) is 0 Å². The maximum atomic E-state index is 12.9. The first-order valence-corrected chi connectivity index (χ1v) is 6.48. The fraction of sp³-hybridized carbons (Fsp3) is 0.500. The maximum absolute atomic E-state index is 12.9. The van der Waals surface area contributed by atoms with Gasteiger partial charge in [-0.15, -0.1) is 0 Å². The number of carbonyl (C=O) groups excluding carboxylic acids is 1. The monoisotopic (exact) mass is 250 g/mol. The number of halogens is 1. The van der Waals surface area contributed by atoms with Crippen LogP contribution >= 0.6 is 0 Å². The zero-order valence-electron chi connectivity index (χ0n) is 10.4. The predicted molar refractivity (Wildman–Crippen MR) is 68.7 cm³/mol. The fourth-order valence-corrected chi connectivity index (χ4v) is 2.24. The van der Waals surface area contributed by atoms with E-state index in [9.17, 15) is 9.18 Å². The minimum atomic E-state index is -0.227. The highest BCUT2D eigenvalue weighted by Crippen LogP contribution is 2.09. The first kappa shape index (κ1) is 13.0. The highest BCUT2D eigenvalue weighted by atomic mass is 19.1. The molecule has 4 heteroatoms. The van der Waals surface area contributed by atoms with Crippen molar-refractivity contribution in [3.05, 3.63) is 35.6 Å². The molecule has 1 aromatic rings. The van der Waals surface area contributed by atoms with E-state index in [0.29, 0.717) is 13.0 Å². The van der Waals surface area contributed by atoms with Gasteiger partial charge in [-0.25, -0.2) is 4.39 Å². The molecule has 0 radical (unpaired) electrons. The van der Waals surface area contributed by atoms with Gasteiger partial charge < -0.3 is 10.6 Å². The smallest absolute Gasteiger partial charge is 0.224 e. The topological polar surface area (TPSA) is 41.1 Å². The largest absolute Gasteiger partial charge is 0.355 e. The van der Waals surface area contributed by atoms with Crippen LogP contribution in [0.15, 0.2) is 24.3 Å². The molecule has 0 unspecified atom stereocenters. The summed E-state index contributed by atoms with van der Waals surface area (Å²) in [6, 6.07) is 6.50. The molecule has 1 amide bonds. The zero-order valence-corrected chi connectivity index (χ0v) is 10.4. The summed E-state index contributed by atoms with van der Waals surface area (Å²) in [7, 11) is 0. The lowest BCUT2D eigenvalue weighted by atomic mass is 9.99. The second kappa shape index (κ2) is 6.50. The number of hydrogen-bond acceptors (Lipinski definition) is 2. The van der Waals surface area contributed by atoms with Crippen LogP contribution in [0.1, 0.15) is 18.4 Å². The van der Waals surface area contributed by atoms with E-state index < -0.39 is 0 Å². The third-order valence-corrected chi connectivity index (χ3v) is 3.27. The molecule has 0 aliphatic carbocycles. The van der Waals surface area contributed by atoms with Crippen molar-refractivity contribution in [2.24, 2.45) is 5.92 Å². The Bertz CT molecular complexity index is 403. The number of carbonyl (C=O) groups is 1. The molecule has 0 saturated carbocycles. The van der Waals surface area contributed by atoms with Crippen molar-refractivity contribution < 1.29 is 9.18 Å². The molecule has 1 aromatic carbocycles. The Kier molecular flexibility index (Phi) is 4.70. The first-order valence-electron chi connectivity index (χ1n) is 6.48. The second-order valence-electron chi connectivity index (χ2n) is 4.71. The van der Waals surface area contributed by atoms with Crippen LogP contribution in [-0.4, -0.2) is 25.5 Å². The summed E-state index contributed by atoms with van der Waals surface area (Å²) in [5.41, 5.74) is 0.914. The highest BCUT2D eigenvalue weighted by molar-refractivity contribution is 5.78. The molecule has 2 N–H and O–H groups in total. The quantitative estimate of drug-likeness (QED) is 0.850. The standard InChI is InChI=1S/C14H19FN2O/c15-13-5-1-3-11(9-13)6-8-17-14(18)12-4-2-7-16-10-12/h1,3,5,9,12,16H,2,4,6-8,10H2,(H,17,18)/t12-/m1/s1. The van der Waals surface area contributed by atoms with Crippen LogP contribution in [0.5, 0.6) is 0 Å². The van der Waals surface area contributed by atoms with Gasteiger partial charge in [-0.05, 0) is 43.5 Å². The molecule has 1 atom stereocenters. The Morgan fingerprint density at radius 3 is 3.11 bits per heavy atom. The molecular weight excluding hydrogens is 231 g/mol. The van der Waals surface area contributed by atoms with Gasteiger partial charge in [0.2, 0.25) is 5.91 Å². The van der Waals surface area contributed by atoms with Crippen molar-refractivity contribution in [3.8, 4) is 0 Å². The lowest BCUT2D eigenvalue weighted by Gasteiger charge is -2.21. The molecule has 1 aliphatic rings. The third kappa shape index (κ3) is 3.81. The van der Waals surface area contributed by atoms with E-state index in [0.717, 1.165) is 31.5 Å². The molecule has 0 bridgehead atoms. The minimum absolute atomic E-state index is 0.0891. The summed E-state index contributed by atoms with van der Waals surface area (Å²) >= 11 is 0. The van der Waals surface area contributed by atoms with E-state index in [4.69, 9.17) is 0 Å². The third-order valence-electron chi connectivity index (χ3n) is 3.27. The second-order valence-corrected chi connectivity index (χ2v) is 4.71. The van der Waals surface area contributed by atoms with Crippen LogP contribution < -0.4 is 10.6 Å². The molecule has 18 heavy (non-hydrogen) atoms. The normalized spacial score (nSPS) is 19.5. The van der Waals surface area contributed by atoms with Gasteiger partial charge in [0.15, 0.2) is 0 Å². The Hall–Kier alpha value is -1.42. The SMILES string of the molecule is O=C(NCCc1cccc(F)c1)[C@@H]1CCCNC1.